The fourth-order valence-corrected chi connectivity index (χ4v) is 14.2. The summed E-state index contributed by atoms with van der Waals surface area (Å²) in [6, 6.07) is 76.2. The number of ether oxygens (including phenoxy) is 1. The van der Waals surface area contributed by atoms with Crippen LogP contribution >= 0.6 is 89.7 Å². The number of benzene rings is 9. The van der Waals surface area contributed by atoms with E-state index in [-0.39, 0.29) is 0 Å². The van der Waals surface area contributed by atoms with Crippen LogP contribution in [0.5, 0.6) is 5.75 Å². The van der Waals surface area contributed by atoms with Crippen LogP contribution in [-0.2, 0) is 23.6 Å². The van der Waals surface area contributed by atoms with Crippen LogP contribution in [0.1, 0.15) is 95.4 Å². The first kappa shape index (κ1) is 69.8. The third-order valence-electron chi connectivity index (χ3n) is 14.6. The Morgan fingerprint density at radius 1 is 0.306 bits per heavy atom. The first-order valence-corrected chi connectivity index (χ1v) is 43.9. The summed E-state index contributed by atoms with van der Waals surface area (Å²) in [7, 11) is 0. The molecule has 0 saturated heterocycles. The number of halogens is 8. The Morgan fingerprint density at radius 3 is 0.812 bits per heavy atom. The molecule has 0 bridgehead atoms. The third kappa shape index (κ3) is 23.0. The second-order valence-corrected chi connectivity index (χ2v) is 45.9. The SMILES string of the molecule is CCCCCc1ccc(-c2ccc(-c3ccc(C(C)(Cl)Cl)cc3)cc2)cc1.CCCCc1ccc(-c2ccc([Si](C)(Cl)Cl)cc2)cc1.CCCc1ccc(-c2ccc([Si](C)(Cl)Cl)cc2)cc1.CCOc1ccc(-c2ccc([Si](C)(Cl)Cl)cc2)cc1. The highest BCUT2D eigenvalue weighted by Crippen LogP contribution is 2.35. The second-order valence-electron chi connectivity index (χ2n) is 21.8. The monoisotopic (exact) mass is 1340 g/mol. The molecule has 0 aliphatic rings. The van der Waals surface area contributed by atoms with Crippen LogP contribution in [0.25, 0.3) is 55.6 Å². The first-order valence-electron chi connectivity index (χ1n) is 29.5. The van der Waals surface area contributed by atoms with Crippen molar-refractivity contribution in [2.45, 2.75) is 116 Å². The van der Waals surface area contributed by atoms with Crippen LogP contribution in [0.2, 0.25) is 19.6 Å². The smallest absolute Gasteiger partial charge is 0.277 e. The van der Waals surface area contributed by atoms with Crippen molar-refractivity contribution in [3.05, 3.63) is 241 Å². The zero-order valence-corrected chi connectivity index (χ0v) is 59.3. The summed E-state index contributed by atoms with van der Waals surface area (Å²) in [5.74, 6) is 0.893. The van der Waals surface area contributed by atoms with Gasteiger partial charge in [0.1, 0.15) is 10.1 Å². The van der Waals surface area contributed by atoms with Gasteiger partial charge in [0.25, 0.3) is 20.1 Å². The van der Waals surface area contributed by atoms with Gasteiger partial charge in [0.2, 0.25) is 0 Å². The topological polar surface area (TPSA) is 9.23 Å². The molecule has 0 atom stereocenters. The van der Waals surface area contributed by atoms with Crippen molar-refractivity contribution in [1.82, 2.24) is 0 Å². The molecule has 0 saturated carbocycles. The van der Waals surface area contributed by atoms with Gasteiger partial charge in [-0.2, -0.15) is 0 Å². The van der Waals surface area contributed by atoms with E-state index in [1.165, 1.54) is 101 Å². The number of hydrogen-bond acceptors (Lipinski definition) is 1. The quantitative estimate of drug-likeness (QED) is 0.0320. The van der Waals surface area contributed by atoms with Gasteiger partial charge in [-0.3, -0.25) is 0 Å². The molecular formula is C73H80Cl8OSi3. The Morgan fingerprint density at radius 2 is 0.553 bits per heavy atom. The van der Waals surface area contributed by atoms with Gasteiger partial charge in [-0.25, -0.2) is 0 Å². The molecular weight excluding hydrogens is 1260 g/mol. The van der Waals surface area contributed by atoms with E-state index in [0.29, 0.717) is 6.61 Å². The lowest BCUT2D eigenvalue weighted by atomic mass is 9.98. The van der Waals surface area contributed by atoms with Crippen molar-refractivity contribution in [1.29, 1.82) is 0 Å². The minimum Gasteiger partial charge on any atom is -0.494 e. The van der Waals surface area contributed by atoms with Gasteiger partial charge in [0.05, 0.1) is 6.61 Å². The van der Waals surface area contributed by atoms with E-state index in [1.54, 1.807) is 6.92 Å². The molecule has 12 heteroatoms. The molecule has 0 radical (unpaired) electrons. The molecule has 0 spiro atoms. The molecule has 9 rings (SSSR count). The van der Waals surface area contributed by atoms with Gasteiger partial charge in [-0.1, -0.05) is 276 Å². The number of alkyl halides is 2. The van der Waals surface area contributed by atoms with Gasteiger partial charge in [0, 0.05) is 0 Å². The molecule has 0 heterocycles. The largest absolute Gasteiger partial charge is 0.494 e. The Labute approximate surface area is 550 Å². The minimum absolute atomic E-state index is 0.683. The zero-order chi connectivity index (χ0) is 61.6. The van der Waals surface area contributed by atoms with Crippen molar-refractivity contribution in [3.63, 3.8) is 0 Å². The lowest BCUT2D eigenvalue weighted by Crippen LogP contribution is -2.32. The van der Waals surface area contributed by atoms with Gasteiger partial charge in [-0.15, -0.1) is 66.5 Å². The highest BCUT2D eigenvalue weighted by atomic mass is 35.7. The molecule has 0 aliphatic carbocycles. The van der Waals surface area contributed by atoms with E-state index in [2.05, 4.69) is 178 Å². The summed E-state index contributed by atoms with van der Waals surface area (Å²) in [5.41, 5.74) is 17.2. The maximum absolute atomic E-state index is 6.23. The molecule has 0 fully saturated rings. The van der Waals surface area contributed by atoms with Crippen molar-refractivity contribution in [3.8, 4) is 61.4 Å². The standard InChI is InChI=1S/C25H26Cl2.C17H20Cl2Si.C16H18Cl2Si.C15H16Cl2OSi/c1-3-4-5-6-19-7-9-20(10-8-19)21-11-13-22(14-12-21)23-15-17-24(18-16-23)25(2,26)27;1-3-4-5-14-6-8-15(9-7-14)16-10-12-17(13-11-16)20(2,18)19;1-3-4-13-5-7-14(8-6-13)15-9-11-16(12-10-15)19(2,17)18;1-3-18-14-8-4-12(5-9-14)13-6-10-15(11-7-13)19(2,16)17/h7-18H,3-6H2,1-2H3;6-13H,3-5H2,1-2H3;5-12H,3-4H2,1-2H3;4-11H,3H2,1-2H3. The molecule has 0 N–H and O–H groups in total. The van der Waals surface area contributed by atoms with Gasteiger partial charge in [0.15, 0.2) is 0 Å². The van der Waals surface area contributed by atoms with Crippen molar-refractivity contribution < 1.29 is 4.74 Å². The van der Waals surface area contributed by atoms with E-state index in [9.17, 15) is 0 Å². The number of aryl methyl sites for hydroxylation is 3. The third-order valence-corrected chi connectivity index (χ3v) is 23.0. The Kier molecular flexibility index (Phi) is 27.9. The first-order chi connectivity index (χ1) is 40.5. The van der Waals surface area contributed by atoms with Crippen LogP contribution in [0, 0.1) is 0 Å². The van der Waals surface area contributed by atoms with E-state index < -0.39 is 24.4 Å². The van der Waals surface area contributed by atoms with E-state index in [4.69, 9.17) is 94.4 Å². The maximum Gasteiger partial charge on any atom is 0.277 e. The summed E-state index contributed by atoms with van der Waals surface area (Å²) in [4.78, 5) is 0. The average molecular weight is 1340 g/mol. The Hall–Kier alpha value is -4.25. The molecule has 9 aromatic rings. The van der Waals surface area contributed by atoms with Crippen molar-refractivity contribution in [2.24, 2.45) is 0 Å². The van der Waals surface area contributed by atoms with E-state index >= 15 is 0 Å². The van der Waals surface area contributed by atoms with Crippen LogP contribution in [0.15, 0.2) is 218 Å². The molecule has 0 amide bonds. The highest BCUT2D eigenvalue weighted by Gasteiger charge is 2.25. The summed E-state index contributed by atoms with van der Waals surface area (Å²) < 4.78 is 4.58. The normalized spacial score (nSPS) is 11.5. The number of rotatable bonds is 20. The van der Waals surface area contributed by atoms with E-state index in [0.717, 1.165) is 56.4 Å². The highest BCUT2D eigenvalue weighted by molar-refractivity contribution is 7.51. The molecule has 1 nitrogen and oxygen atoms in total. The van der Waals surface area contributed by atoms with Crippen LogP contribution in [-0.4, -0.2) is 26.7 Å². The summed E-state index contributed by atoms with van der Waals surface area (Å²) >= 11 is 49.6. The number of unbranched alkanes of at least 4 members (excludes halogenated alkanes) is 3. The molecule has 9 aromatic carbocycles. The molecule has 0 aliphatic heterocycles. The number of hydrogen-bond donors (Lipinski definition) is 0. The Balaban J connectivity index is 0.000000184. The average Bonchev–Trinajstić information content (AvgIpc) is 3.62. The summed E-state index contributed by atoms with van der Waals surface area (Å²) in [6.07, 6.45) is 11.0. The van der Waals surface area contributed by atoms with Crippen molar-refractivity contribution >= 4 is 125 Å². The summed E-state index contributed by atoms with van der Waals surface area (Å²) in [6.45, 7) is 10.1. The van der Waals surface area contributed by atoms with E-state index in [1.807, 2.05) is 87.2 Å². The summed E-state index contributed by atoms with van der Waals surface area (Å²) in [5, 5.41) is 3.15. The van der Waals surface area contributed by atoms with Gasteiger partial charge < -0.3 is 4.74 Å². The predicted molar refractivity (Wildman–Crippen MR) is 388 cm³/mol. The van der Waals surface area contributed by atoms with Crippen LogP contribution < -0.4 is 20.3 Å². The second kappa shape index (κ2) is 33.9. The molecule has 85 heavy (non-hydrogen) atoms. The van der Waals surface area contributed by atoms with Gasteiger partial charge >= 0.3 is 0 Å². The fourth-order valence-electron chi connectivity index (χ4n) is 9.43. The van der Waals surface area contributed by atoms with Gasteiger partial charge in [-0.05, 0) is 171 Å². The zero-order valence-electron chi connectivity index (χ0n) is 50.3. The fraction of sp³-hybridized carbons (Fsp3) is 0.260. The maximum atomic E-state index is 6.23. The van der Waals surface area contributed by atoms with Crippen molar-refractivity contribution in [2.75, 3.05) is 6.61 Å². The lowest BCUT2D eigenvalue weighted by Gasteiger charge is -2.14. The predicted octanol–water partition coefficient (Wildman–Crippen LogP) is 23.4. The minimum atomic E-state index is -2.25. The molecule has 0 unspecified atom stereocenters. The Bertz CT molecular complexity index is 3250. The van der Waals surface area contributed by atoms with Crippen LogP contribution in [0.3, 0.4) is 0 Å². The van der Waals surface area contributed by atoms with Crippen LogP contribution in [0.4, 0.5) is 0 Å². The molecule has 0 aromatic heterocycles. The lowest BCUT2D eigenvalue weighted by molar-refractivity contribution is 0.340. The molecule has 446 valence electrons.